The minimum Gasteiger partial charge on any atom is -0.488 e. The van der Waals surface area contributed by atoms with Crippen molar-refractivity contribution in [2.45, 2.75) is 6.61 Å². The molecule has 32 heavy (non-hydrogen) atoms. The molecule has 4 rings (SSSR count). The van der Waals surface area contributed by atoms with Gasteiger partial charge in [0.1, 0.15) is 17.5 Å². The maximum atomic E-state index is 12.4. The van der Waals surface area contributed by atoms with E-state index in [4.69, 9.17) is 16.3 Å². The van der Waals surface area contributed by atoms with Crippen molar-refractivity contribution in [2.24, 2.45) is 5.10 Å². The summed E-state index contributed by atoms with van der Waals surface area (Å²) in [6, 6.07) is 24.2. The minimum atomic E-state index is -0.468. The molecule has 0 fully saturated rings. The summed E-state index contributed by atoms with van der Waals surface area (Å²) in [5.41, 5.74) is 4.76. The first-order valence-corrected chi connectivity index (χ1v) is 10.1. The van der Waals surface area contributed by atoms with E-state index < -0.39 is 5.91 Å². The quantitative estimate of drug-likeness (QED) is 0.256. The molecule has 4 aromatic rings. The lowest BCUT2D eigenvalue weighted by Gasteiger charge is -2.12. The Balaban J connectivity index is 1.62. The lowest BCUT2D eigenvalue weighted by molar-refractivity contribution is 0.0955. The minimum absolute atomic E-state index is 0.102. The number of halogens is 1. The fourth-order valence-corrected chi connectivity index (χ4v) is 3.42. The zero-order chi connectivity index (χ0) is 22.3. The molecule has 1 heterocycles. The normalized spacial score (nSPS) is 10.8. The van der Waals surface area contributed by atoms with E-state index >= 15 is 0 Å². The first-order valence-electron chi connectivity index (χ1n) is 9.74. The van der Waals surface area contributed by atoms with Gasteiger partial charge in [-0.05, 0) is 35.0 Å². The number of hydrogen-bond acceptors (Lipinski definition) is 5. The van der Waals surface area contributed by atoms with Gasteiger partial charge in [-0.2, -0.15) is 10.4 Å². The van der Waals surface area contributed by atoms with Crippen LogP contribution in [-0.4, -0.2) is 17.1 Å². The third kappa shape index (κ3) is 4.59. The Morgan fingerprint density at radius 2 is 1.91 bits per heavy atom. The van der Waals surface area contributed by atoms with Crippen molar-refractivity contribution in [1.82, 2.24) is 10.4 Å². The first-order chi connectivity index (χ1) is 15.7. The number of rotatable bonds is 6. The van der Waals surface area contributed by atoms with Gasteiger partial charge in [-0.15, -0.1) is 0 Å². The predicted octanol–water partition coefficient (Wildman–Crippen LogP) is 5.10. The van der Waals surface area contributed by atoms with Crippen LogP contribution in [0.2, 0.25) is 5.15 Å². The zero-order valence-electron chi connectivity index (χ0n) is 16.8. The van der Waals surface area contributed by atoms with Crippen molar-refractivity contribution in [3.05, 3.63) is 106 Å². The van der Waals surface area contributed by atoms with Crippen molar-refractivity contribution in [2.75, 3.05) is 0 Å². The molecule has 156 valence electrons. The number of pyridine rings is 1. The summed E-state index contributed by atoms with van der Waals surface area (Å²) in [6.07, 6.45) is 3.04. The second kappa shape index (κ2) is 9.73. The van der Waals surface area contributed by atoms with Crippen LogP contribution in [0.15, 0.2) is 84.1 Å². The number of ether oxygens (including phenoxy) is 1. The zero-order valence-corrected chi connectivity index (χ0v) is 17.6. The number of nitrogens with one attached hydrogen (secondary N) is 1. The lowest BCUT2D eigenvalue weighted by atomic mass is 10.0. The summed E-state index contributed by atoms with van der Waals surface area (Å²) < 4.78 is 6.05. The highest BCUT2D eigenvalue weighted by molar-refractivity contribution is 6.32. The number of carbonyl (C=O) groups is 1. The van der Waals surface area contributed by atoms with Crippen molar-refractivity contribution in [3.63, 3.8) is 0 Å². The van der Waals surface area contributed by atoms with Crippen LogP contribution < -0.4 is 10.2 Å². The number of aromatic nitrogens is 1. The van der Waals surface area contributed by atoms with E-state index in [-0.39, 0.29) is 17.3 Å². The van der Waals surface area contributed by atoms with Crippen LogP contribution in [0.25, 0.3) is 10.8 Å². The molecule has 0 atom stereocenters. The Morgan fingerprint density at radius 3 is 2.75 bits per heavy atom. The molecule has 3 aromatic carbocycles. The second-order valence-electron chi connectivity index (χ2n) is 6.80. The lowest BCUT2D eigenvalue weighted by Crippen LogP contribution is -2.18. The molecule has 0 spiro atoms. The van der Waals surface area contributed by atoms with Crippen LogP contribution in [0.1, 0.15) is 27.0 Å². The maximum Gasteiger partial charge on any atom is 0.274 e. The Hall–Kier alpha value is -4.21. The van der Waals surface area contributed by atoms with Gasteiger partial charge in [0.25, 0.3) is 5.91 Å². The van der Waals surface area contributed by atoms with E-state index in [9.17, 15) is 10.1 Å². The van der Waals surface area contributed by atoms with Crippen LogP contribution in [0, 0.1) is 11.3 Å². The van der Waals surface area contributed by atoms with Gasteiger partial charge >= 0.3 is 0 Å². The second-order valence-corrected chi connectivity index (χ2v) is 7.16. The van der Waals surface area contributed by atoms with Crippen LogP contribution in [-0.2, 0) is 6.61 Å². The molecule has 1 aromatic heterocycles. The molecule has 0 radical (unpaired) electrons. The largest absolute Gasteiger partial charge is 0.488 e. The van der Waals surface area contributed by atoms with Crippen LogP contribution in [0.4, 0.5) is 0 Å². The molecule has 0 saturated heterocycles. The Bertz CT molecular complexity index is 1360. The summed E-state index contributed by atoms with van der Waals surface area (Å²) >= 11 is 5.98. The summed E-state index contributed by atoms with van der Waals surface area (Å²) in [6.45, 7) is 0.223. The monoisotopic (exact) mass is 440 g/mol. The molecular weight excluding hydrogens is 424 g/mol. The molecule has 0 bridgehead atoms. The molecule has 1 N–H and O–H groups in total. The molecule has 0 saturated carbocycles. The van der Waals surface area contributed by atoms with Gasteiger partial charge in [-0.3, -0.25) is 4.79 Å². The van der Waals surface area contributed by atoms with E-state index in [1.165, 1.54) is 12.4 Å². The van der Waals surface area contributed by atoms with Crippen molar-refractivity contribution >= 4 is 34.5 Å². The highest BCUT2D eigenvalue weighted by atomic mass is 35.5. The molecule has 0 unspecified atom stereocenters. The van der Waals surface area contributed by atoms with Gasteiger partial charge in [0, 0.05) is 17.3 Å². The van der Waals surface area contributed by atoms with Crippen LogP contribution >= 0.6 is 11.6 Å². The van der Waals surface area contributed by atoms with E-state index in [2.05, 4.69) is 21.6 Å². The first kappa shape index (κ1) is 21.0. The average Bonchev–Trinajstić information content (AvgIpc) is 2.83. The molecule has 0 aliphatic carbocycles. The number of benzene rings is 3. The topological polar surface area (TPSA) is 87.4 Å². The Kier molecular flexibility index (Phi) is 6.40. The van der Waals surface area contributed by atoms with Crippen LogP contribution in [0.5, 0.6) is 5.75 Å². The fraction of sp³-hybridized carbons (Fsp3) is 0.0400. The van der Waals surface area contributed by atoms with E-state index in [1.54, 1.807) is 18.2 Å². The number of nitrogens with zero attached hydrogens (tertiary/aromatic N) is 3. The van der Waals surface area contributed by atoms with E-state index in [0.29, 0.717) is 16.9 Å². The standard InChI is InChI=1S/C25H17ClN4O2/c26-24-21(10-5-13-28-24)25(31)30-29-15-22-20-9-4-3-6-17(20)11-12-23(22)32-16-19-8-2-1-7-18(19)14-27/h1-13,15H,16H2,(H,30,31). The van der Waals surface area contributed by atoms with Crippen molar-refractivity contribution < 1.29 is 9.53 Å². The molecule has 0 aliphatic rings. The molecule has 0 aliphatic heterocycles. The highest BCUT2D eigenvalue weighted by Crippen LogP contribution is 2.27. The van der Waals surface area contributed by atoms with Crippen molar-refractivity contribution in [1.29, 1.82) is 5.26 Å². The number of fused-ring (bicyclic) bond motifs is 1. The highest BCUT2D eigenvalue weighted by Gasteiger charge is 2.11. The maximum absolute atomic E-state index is 12.4. The van der Waals surface area contributed by atoms with Gasteiger partial charge in [-0.25, -0.2) is 10.4 Å². The summed E-state index contributed by atoms with van der Waals surface area (Å²) in [5, 5.41) is 15.4. The molecule has 1 amide bonds. The van der Waals surface area contributed by atoms with Crippen LogP contribution in [0.3, 0.4) is 0 Å². The third-order valence-corrected chi connectivity index (χ3v) is 5.12. The Labute approximate surface area is 189 Å². The molecular formula is C25H17ClN4O2. The smallest absolute Gasteiger partial charge is 0.274 e. The van der Waals surface area contributed by atoms with Gasteiger partial charge < -0.3 is 4.74 Å². The Morgan fingerprint density at radius 1 is 1.09 bits per heavy atom. The van der Waals surface area contributed by atoms with Gasteiger partial charge in [0.05, 0.1) is 23.4 Å². The van der Waals surface area contributed by atoms with Gasteiger partial charge in [0.2, 0.25) is 0 Å². The summed E-state index contributed by atoms with van der Waals surface area (Å²) in [7, 11) is 0. The number of nitriles is 1. The predicted molar refractivity (Wildman–Crippen MR) is 124 cm³/mol. The third-order valence-electron chi connectivity index (χ3n) is 4.82. The number of amides is 1. The molecule has 7 heteroatoms. The summed E-state index contributed by atoms with van der Waals surface area (Å²) in [4.78, 5) is 16.3. The number of hydrogen-bond donors (Lipinski definition) is 1. The summed E-state index contributed by atoms with van der Waals surface area (Å²) in [5.74, 6) is 0.110. The van der Waals surface area contributed by atoms with Gasteiger partial charge in [-0.1, -0.05) is 60.1 Å². The van der Waals surface area contributed by atoms with Crippen molar-refractivity contribution in [3.8, 4) is 11.8 Å². The van der Waals surface area contributed by atoms with E-state index in [0.717, 1.165) is 16.3 Å². The molecule has 6 nitrogen and oxygen atoms in total. The number of hydrazone groups is 1. The van der Waals surface area contributed by atoms with E-state index in [1.807, 2.05) is 54.6 Å². The number of carbonyl (C=O) groups excluding carboxylic acids is 1. The fourth-order valence-electron chi connectivity index (χ4n) is 3.22. The SMILES string of the molecule is N#Cc1ccccc1COc1ccc2ccccc2c1C=NNC(=O)c1cccnc1Cl. The van der Waals surface area contributed by atoms with Gasteiger partial charge in [0.15, 0.2) is 0 Å². The average molecular weight is 441 g/mol.